The van der Waals surface area contributed by atoms with Crippen LogP contribution in [0, 0.1) is 11.3 Å². The van der Waals surface area contributed by atoms with Gasteiger partial charge in [-0.1, -0.05) is 12.1 Å². The molecule has 6 nitrogen and oxygen atoms in total. The minimum Gasteiger partial charge on any atom is -0.451 e. The van der Waals surface area contributed by atoms with Gasteiger partial charge in [0.25, 0.3) is 5.91 Å². The zero-order valence-electron chi connectivity index (χ0n) is 16.4. The average molecular weight is 369 g/mol. The van der Waals surface area contributed by atoms with Crippen molar-refractivity contribution in [1.29, 1.82) is 5.26 Å². The molecule has 1 heterocycles. The van der Waals surface area contributed by atoms with Crippen molar-refractivity contribution in [1.82, 2.24) is 4.90 Å². The second kappa shape index (κ2) is 9.22. The smallest absolute Gasteiger partial charge is 0.349 e. The molecule has 0 radical (unpaired) electrons. The number of hydrogen-bond donors (Lipinski definition) is 0. The first-order valence-electron chi connectivity index (χ1n) is 9.21. The molecule has 1 aliphatic rings. The minimum atomic E-state index is -0.778. The maximum atomic E-state index is 12.4. The Morgan fingerprint density at radius 3 is 2.33 bits per heavy atom. The summed E-state index contributed by atoms with van der Waals surface area (Å²) in [5.74, 6) is -0.990. The Morgan fingerprint density at radius 1 is 1.22 bits per heavy atom. The first-order chi connectivity index (χ1) is 12.8. The van der Waals surface area contributed by atoms with Gasteiger partial charge >= 0.3 is 5.97 Å². The van der Waals surface area contributed by atoms with Crippen LogP contribution < -0.4 is 4.90 Å². The maximum Gasteiger partial charge on any atom is 0.349 e. The molecule has 0 aromatic heterocycles. The highest BCUT2D eigenvalue weighted by molar-refractivity contribution is 5.98. The Balaban J connectivity index is 2.00. The van der Waals surface area contributed by atoms with E-state index in [-0.39, 0.29) is 30.2 Å². The summed E-state index contributed by atoms with van der Waals surface area (Å²) in [4.78, 5) is 28.4. The van der Waals surface area contributed by atoms with E-state index in [0.717, 1.165) is 30.5 Å². The Labute approximate surface area is 161 Å². The van der Waals surface area contributed by atoms with Crippen molar-refractivity contribution in [2.24, 2.45) is 0 Å². The molecular formula is C21H27N3O3. The normalized spacial score (nSPS) is 20.0. The van der Waals surface area contributed by atoms with Crippen LogP contribution in [-0.4, -0.2) is 49.6 Å². The highest BCUT2D eigenvalue weighted by Crippen LogP contribution is 2.22. The van der Waals surface area contributed by atoms with Gasteiger partial charge in [-0.25, -0.2) is 4.79 Å². The van der Waals surface area contributed by atoms with Gasteiger partial charge in [0.1, 0.15) is 11.6 Å². The van der Waals surface area contributed by atoms with Crippen LogP contribution in [0.25, 0.3) is 6.08 Å². The number of carbonyl (C=O) groups is 2. The summed E-state index contributed by atoms with van der Waals surface area (Å²) in [5.41, 5.74) is 1.61. The van der Waals surface area contributed by atoms with Crippen LogP contribution in [0.15, 0.2) is 29.8 Å². The van der Waals surface area contributed by atoms with Gasteiger partial charge in [0.05, 0.1) is 0 Å². The maximum absolute atomic E-state index is 12.4. The molecule has 2 rings (SSSR count). The SMILES string of the molecule is C[C@H]1CCC[C@H](C)N1C(=O)COC(=O)/C(C#N)=C\c1ccc(N(C)C)cc1. The van der Waals surface area contributed by atoms with Gasteiger partial charge in [0.2, 0.25) is 0 Å². The van der Waals surface area contributed by atoms with Crippen LogP contribution >= 0.6 is 0 Å². The van der Waals surface area contributed by atoms with E-state index >= 15 is 0 Å². The number of carbonyl (C=O) groups excluding carboxylic acids is 2. The Kier molecular flexibility index (Phi) is 7.00. The summed E-state index contributed by atoms with van der Waals surface area (Å²) in [7, 11) is 3.87. The molecule has 144 valence electrons. The molecule has 0 spiro atoms. The highest BCUT2D eigenvalue weighted by atomic mass is 16.5. The number of ether oxygens (including phenoxy) is 1. The van der Waals surface area contributed by atoms with Gasteiger partial charge < -0.3 is 14.5 Å². The summed E-state index contributed by atoms with van der Waals surface area (Å²) in [5, 5.41) is 9.28. The number of amides is 1. The molecular weight excluding hydrogens is 342 g/mol. The van der Waals surface area contributed by atoms with Crippen molar-refractivity contribution in [2.75, 3.05) is 25.6 Å². The fourth-order valence-corrected chi connectivity index (χ4v) is 3.36. The Bertz CT molecular complexity index is 737. The number of esters is 1. The Morgan fingerprint density at radius 2 is 1.81 bits per heavy atom. The summed E-state index contributed by atoms with van der Waals surface area (Å²) >= 11 is 0. The summed E-state index contributed by atoms with van der Waals surface area (Å²) in [6.07, 6.45) is 4.48. The van der Waals surface area contributed by atoms with Crippen molar-refractivity contribution < 1.29 is 14.3 Å². The monoisotopic (exact) mass is 369 g/mol. The van der Waals surface area contributed by atoms with Gasteiger partial charge in [-0.2, -0.15) is 5.26 Å². The summed E-state index contributed by atoms with van der Waals surface area (Å²) in [6.45, 7) is 3.67. The molecule has 1 saturated heterocycles. The molecule has 0 N–H and O–H groups in total. The lowest BCUT2D eigenvalue weighted by molar-refractivity contribution is -0.151. The first-order valence-corrected chi connectivity index (χ1v) is 9.21. The van der Waals surface area contributed by atoms with Gasteiger partial charge in [-0.05, 0) is 56.9 Å². The molecule has 0 saturated carbocycles. The molecule has 1 aromatic rings. The second-order valence-corrected chi connectivity index (χ2v) is 7.16. The minimum absolute atomic E-state index is 0.125. The lowest BCUT2D eigenvalue weighted by Crippen LogP contribution is -2.49. The first kappa shape index (κ1) is 20.5. The second-order valence-electron chi connectivity index (χ2n) is 7.16. The molecule has 1 aromatic carbocycles. The van der Waals surface area contributed by atoms with E-state index in [1.165, 1.54) is 6.08 Å². The molecule has 1 aliphatic heterocycles. The van der Waals surface area contributed by atoms with Crippen LogP contribution in [0.3, 0.4) is 0 Å². The van der Waals surface area contributed by atoms with Crippen LogP contribution in [0.2, 0.25) is 0 Å². The molecule has 2 atom stereocenters. The van der Waals surface area contributed by atoms with Crippen molar-refractivity contribution >= 4 is 23.6 Å². The third kappa shape index (κ3) is 5.33. The molecule has 0 aliphatic carbocycles. The van der Waals surface area contributed by atoms with Crippen molar-refractivity contribution in [3.05, 3.63) is 35.4 Å². The van der Waals surface area contributed by atoms with E-state index in [1.54, 1.807) is 4.90 Å². The summed E-state index contributed by atoms with van der Waals surface area (Å²) in [6, 6.07) is 9.58. The predicted molar refractivity (Wildman–Crippen MR) is 105 cm³/mol. The quantitative estimate of drug-likeness (QED) is 0.453. The van der Waals surface area contributed by atoms with Crippen molar-refractivity contribution in [2.45, 2.75) is 45.2 Å². The number of nitriles is 1. The van der Waals surface area contributed by atoms with Crippen LogP contribution in [0.5, 0.6) is 0 Å². The molecule has 0 bridgehead atoms. The largest absolute Gasteiger partial charge is 0.451 e. The number of likely N-dealkylation sites (tertiary alicyclic amines) is 1. The zero-order valence-corrected chi connectivity index (χ0v) is 16.4. The molecule has 27 heavy (non-hydrogen) atoms. The highest BCUT2D eigenvalue weighted by Gasteiger charge is 2.29. The van der Waals surface area contributed by atoms with Gasteiger partial charge in [-0.15, -0.1) is 0 Å². The van der Waals surface area contributed by atoms with Crippen molar-refractivity contribution in [3.8, 4) is 6.07 Å². The van der Waals surface area contributed by atoms with Crippen LogP contribution in [0.1, 0.15) is 38.7 Å². The third-order valence-electron chi connectivity index (χ3n) is 4.87. The number of anilines is 1. The van der Waals surface area contributed by atoms with Gasteiger partial charge in [-0.3, -0.25) is 4.79 Å². The topological polar surface area (TPSA) is 73.6 Å². The number of hydrogen-bond acceptors (Lipinski definition) is 5. The average Bonchev–Trinajstić information content (AvgIpc) is 2.64. The van der Waals surface area contributed by atoms with Crippen LogP contribution in [0.4, 0.5) is 5.69 Å². The van der Waals surface area contributed by atoms with E-state index in [9.17, 15) is 14.9 Å². The fraction of sp³-hybridized carbons (Fsp3) is 0.476. The third-order valence-corrected chi connectivity index (χ3v) is 4.87. The van der Waals surface area contributed by atoms with Gasteiger partial charge in [0.15, 0.2) is 6.61 Å². The number of piperidine rings is 1. The molecule has 6 heteroatoms. The molecule has 0 unspecified atom stereocenters. The Hall–Kier alpha value is -2.81. The van der Waals surface area contributed by atoms with Crippen LogP contribution in [-0.2, 0) is 14.3 Å². The lowest BCUT2D eigenvalue weighted by atomic mass is 9.97. The van der Waals surface area contributed by atoms with E-state index in [2.05, 4.69) is 0 Å². The molecule has 1 fully saturated rings. The van der Waals surface area contributed by atoms with E-state index in [1.807, 2.05) is 63.2 Å². The predicted octanol–water partition coefficient (Wildman–Crippen LogP) is 2.99. The summed E-state index contributed by atoms with van der Waals surface area (Å²) < 4.78 is 5.11. The number of nitrogens with zero attached hydrogens (tertiary/aromatic N) is 3. The number of rotatable bonds is 5. The standard InChI is InChI=1S/C21H27N3O3/c1-15-6-5-7-16(2)24(15)20(25)14-27-21(26)18(13-22)12-17-8-10-19(11-9-17)23(3)4/h8-12,15-16H,5-7,14H2,1-4H3/b18-12-/t15-,16-/m0/s1. The van der Waals surface area contributed by atoms with Crippen molar-refractivity contribution in [3.63, 3.8) is 0 Å². The van der Waals surface area contributed by atoms with Gasteiger partial charge in [0, 0.05) is 31.9 Å². The molecule has 1 amide bonds. The van der Waals surface area contributed by atoms with E-state index < -0.39 is 5.97 Å². The van der Waals surface area contributed by atoms with E-state index in [4.69, 9.17) is 4.74 Å². The number of benzene rings is 1. The zero-order chi connectivity index (χ0) is 20.0. The lowest BCUT2D eigenvalue weighted by Gasteiger charge is -2.38. The fourth-order valence-electron chi connectivity index (χ4n) is 3.36. The van der Waals surface area contributed by atoms with E-state index in [0.29, 0.717) is 0 Å².